The van der Waals surface area contributed by atoms with Gasteiger partial charge in [-0.05, 0) is 40.5 Å². The van der Waals surface area contributed by atoms with Crippen LogP contribution in [0.25, 0.3) is 33.0 Å². The van der Waals surface area contributed by atoms with Gasteiger partial charge in [0.2, 0.25) is 0 Å². The van der Waals surface area contributed by atoms with E-state index in [0.717, 1.165) is 11.3 Å². The van der Waals surface area contributed by atoms with E-state index in [1.54, 1.807) is 0 Å². The molecular formula is C24H20O. The van der Waals surface area contributed by atoms with Crippen molar-refractivity contribution in [2.24, 2.45) is 0 Å². The zero-order chi connectivity index (χ0) is 17.1. The van der Waals surface area contributed by atoms with Crippen molar-refractivity contribution in [3.63, 3.8) is 0 Å². The van der Waals surface area contributed by atoms with Crippen LogP contribution in [-0.2, 0) is 0 Å². The maximum absolute atomic E-state index is 6.06. The predicted molar refractivity (Wildman–Crippen MR) is 106 cm³/mol. The van der Waals surface area contributed by atoms with Gasteiger partial charge < -0.3 is 4.74 Å². The molecule has 0 unspecified atom stereocenters. The fourth-order valence-corrected chi connectivity index (χ4v) is 3.38. The molecular weight excluding hydrogens is 304 g/mol. The number of benzene rings is 4. The Bertz CT molecular complexity index is 988. The van der Waals surface area contributed by atoms with Crippen LogP contribution in [0.2, 0.25) is 0 Å². The van der Waals surface area contributed by atoms with Gasteiger partial charge in [0.1, 0.15) is 5.75 Å². The zero-order valence-corrected chi connectivity index (χ0v) is 14.3. The molecule has 25 heavy (non-hydrogen) atoms. The van der Waals surface area contributed by atoms with Gasteiger partial charge in [-0.3, -0.25) is 0 Å². The molecule has 0 N–H and O–H groups in total. The maximum atomic E-state index is 6.06. The summed E-state index contributed by atoms with van der Waals surface area (Å²) in [5.41, 5.74) is 4.76. The number of fused-ring (bicyclic) bond motifs is 1. The minimum atomic E-state index is 0.645. The Kier molecular flexibility index (Phi) is 4.22. The van der Waals surface area contributed by atoms with Gasteiger partial charge in [-0.15, -0.1) is 0 Å². The van der Waals surface area contributed by atoms with Crippen molar-refractivity contribution in [2.75, 3.05) is 6.61 Å². The van der Waals surface area contributed by atoms with Gasteiger partial charge in [-0.2, -0.15) is 0 Å². The molecule has 0 bridgehead atoms. The van der Waals surface area contributed by atoms with Gasteiger partial charge in [0.05, 0.1) is 6.61 Å². The highest BCUT2D eigenvalue weighted by molar-refractivity contribution is 6.07. The summed E-state index contributed by atoms with van der Waals surface area (Å²) >= 11 is 0. The second-order valence-corrected chi connectivity index (χ2v) is 6.01. The molecule has 4 aromatic rings. The van der Waals surface area contributed by atoms with Crippen LogP contribution in [0.15, 0.2) is 91.0 Å². The topological polar surface area (TPSA) is 9.23 Å². The molecule has 0 spiro atoms. The van der Waals surface area contributed by atoms with Crippen molar-refractivity contribution in [1.29, 1.82) is 0 Å². The lowest BCUT2D eigenvalue weighted by Crippen LogP contribution is -1.96. The minimum Gasteiger partial charge on any atom is -0.493 e. The average Bonchev–Trinajstić information content (AvgIpc) is 2.69. The van der Waals surface area contributed by atoms with Crippen LogP contribution < -0.4 is 4.74 Å². The smallest absolute Gasteiger partial charge is 0.128 e. The van der Waals surface area contributed by atoms with Crippen molar-refractivity contribution in [3.8, 4) is 28.0 Å². The first-order chi connectivity index (χ1) is 12.4. The monoisotopic (exact) mass is 324 g/mol. The summed E-state index contributed by atoms with van der Waals surface area (Å²) in [5, 5.41) is 2.47. The summed E-state index contributed by atoms with van der Waals surface area (Å²) in [6.45, 7) is 2.68. The van der Waals surface area contributed by atoms with Crippen LogP contribution in [0.3, 0.4) is 0 Å². The minimum absolute atomic E-state index is 0.645. The molecule has 122 valence electrons. The first-order valence-electron chi connectivity index (χ1n) is 8.68. The Hall–Kier alpha value is -3.06. The van der Waals surface area contributed by atoms with E-state index in [0.29, 0.717) is 6.61 Å². The molecule has 0 atom stereocenters. The number of hydrogen-bond donors (Lipinski definition) is 0. The normalized spacial score (nSPS) is 10.8. The fraction of sp³-hybridized carbons (Fsp3) is 0.0833. The largest absolute Gasteiger partial charge is 0.493 e. The zero-order valence-electron chi connectivity index (χ0n) is 14.3. The molecule has 4 aromatic carbocycles. The van der Waals surface area contributed by atoms with Gasteiger partial charge in [-0.25, -0.2) is 0 Å². The number of hydrogen-bond acceptors (Lipinski definition) is 1. The Labute approximate surface area is 148 Å². The lowest BCUT2D eigenvalue weighted by atomic mass is 9.91. The first kappa shape index (κ1) is 15.5. The van der Waals surface area contributed by atoms with Crippen molar-refractivity contribution >= 4 is 10.8 Å². The van der Waals surface area contributed by atoms with Crippen molar-refractivity contribution in [1.82, 2.24) is 0 Å². The molecule has 0 saturated carbocycles. The third-order valence-corrected chi connectivity index (χ3v) is 4.46. The number of ether oxygens (including phenoxy) is 1. The molecule has 0 heterocycles. The second kappa shape index (κ2) is 6.82. The molecule has 0 radical (unpaired) electrons. The lowest BCUT2D eigenvalue weighted by Gasteiger charge is -2.17. The summed E-state index contributed by atoms with van der Waals surface area (Å²) < 4.78 is 6.06. The highest BCUT2D eigenvalue weighted by atomic mass is 16.5. The highest BCUT2D eigenvalue weighted by Gasteiger charge is 2.15. The standard InChI is InChI=1S/C24H20O/c1-2-25-23-17-22(18-11-5-3-6-12-18)20-15-9-10-16-21(20)24(23)19-13-7-4-8-14-19/h3-17H,2H2,1H3. The van der Waals surface area contributed by atoms with Crippen LogP contribution >= 0.6 is 0 Å². The highest BCUT2D eigenvalue weighted by Crippen LogP contribution is 2.42. The molecule has 0 saturated heterocycles. The Morgan fingerprint density at radius 1 is 0.640 bits per heavy atom. The first-order valence-corrected chi connectivity index (χ1v) is 8.68. The molecule has 0 fully saturated rings. The third kappa shape index (κ3) is 2.89. The van der Waals surface area contributed by atoms with Crippen molar-refractivity contribution in [2.45, 2.75) is 6.92 Å². The molecule has 0 amide bonds. The van der Waals surface area contributed by atoms with E-state index < -0.39 is 0 Å². The number of rotatable bonds is 4. The summed E-state index contributed by atoms with van der Waals surface area (Å²) in [6, 6.07) is 31.8. The molecule has 0 aliphatic rings. The van der Waals surface area contributed by atoms with Gasteiger partial charge in [-0.1, -0.05) is 84.9 Å². The van der Waals surface area contributed by atoms with E-state index in [4.69, 9.17) is 4.74 Å². The van der Waals surface area contributed by atoms with Crippen LogP contribution in [-0.4, -0.2) is 6.61 Å². The predicted octanol–water partition coefficient (Wildman–Crippen LogP) is 6.57. The summed E-state index contributed by atoms with van der Waals surface area (Å²) in [4.78, 5) is 0. The van der Waals surface area contributed by atoms with E-state index in [-0.39, 0.29) is 0 Å². The van der Waals surface area contributed by atoms with Crippen molar-refractivity contribution in [3.05, 3.63) is 91.0 Å². The molecule has 0 aliphatic heterocycles. The van der Waals surface area contributed by atoms with E-state index in [1.807, 2.05) is 19.1 Å². The van der Waals surface area contributed by atoms with Crippen LogP contribution in [0.1, 0.15) is 6.92 Å². The Morgan fingerprint density at radius 2 is 1.20 bits per heavy atom. The quantitative estimate of drug-likeness (QED) is 0.412. The fourth-order valence-electron chi connectivity index (χ4n) is 3.38. The average molecular weight is 324 g/mol. The molecule has 0 aromatic heterocycles. The third-order valence-electron chi connectivity index (χ3n) is 4.46. The van der Waals surface area contributed by atoms with Gasteiger partial charge >= 0.3 is 0 Å². The van der Waals surface area contributed by atoms with E-state index in [1.165, 1.54) is 27.5 Å². The van der Waals surface area contributed by atoms with Crippen molar-refractivity contribution < 1.29 is 4.74 Å². The van der Waals surface area contributed by atoms with Gasteiger partial charge in [0.25, 0.3) is 0 Å². The van der Waals surface area contributed by atoms with Gasteiger partial charge in [0, 0.05) is 5.56 Å². The van der Waals surface area contributed by atoms with Crippen LogP contribution in [0, 0.1) is 0 Å². The molecule has 4 rings (SSSR count). The van der Waals surface area contributed by atoms with E-state index in [2.05, 4.69) is 78.9 Å². The molecule has 1 nitrogen and oxygen atoms in total. The van der Waals surface area contributed by atoms with E-state index in [9.17, 15) is 0 Å². The second-order valence-electron chi connectivity index (χ2n) is 6.01. The summed E-state index contributed by atoms with van der Waals surface area (Å²) in [6.07, 6.45) is 0. The van der Waals surface area contributed by atoms with E-state index >= 15 is 0 Å². The van der Waals surface area contributed by atoms with Crippen LogP contribution in [0.5, 0.6) is 5.75 Å². The SMILES string of the molecule is CCOc1cc(-c2ccccc2)c2ccccc2c1-c1ccccc1. The molecule has 1 heteroatoms. The Morgan fingerprint density at radius 3 is 1.84 bits per heavy atom. The molecule has 0 aliphatic carbocycles. The van der Waals surface area contributed by atoms with Gasteiger partial charge in [0.15, 0.2) is 0 Å². The van der Waals surface area contributed by atoms with Crippen LogP contribution in [0.4, 0.5) is 0 Å². The Balaban J connectivity index is 2.08. The maximum Gasteiger partial charge on any atom is 0.128 e. The summed E-state index contributed by atoms with van der Waals surface area (Å²) in [7, 11) is 0. The lowest BCUT2D eigenvalue weighted by molar-refractivity contribution is 0.342. The summed E-state index contributed by atoms with van der Waals surface area (Å²) in [5.74, 6) is 0.936.